The summed E-state index contributed by atoms with van der Waals surface area (Å²) in [5.41, 5.74) is 16.3. The molecule has 2 aromatic carbocycles. The van der Waals surface area contributed by atoms with Gasteiger partial charge in [-0.3, -0.25) is 5.41 Å². The van der Waals surface area contributed by atoms with E-state index >= 15 is 0 Å². The summed E-state index contributed by atoms with van der Waals surface area (Å²) in [4.78, 5) is 3.37. The molecular weight excluding hydrogens is 274 g/mol. The Kier molecular flexibility index (Phi) is 3.66. The van der Waals surface area contributed by atoms with Gasteiger partial charge < -0.3 is 21.8 Å². The van der Waals surface area contributed by atoms with Crippen LogP contribution in [-0.2, 0) is 0 Å². The van der Waals surface area contributed by atoms with E-state index in [-0.39, 0.29) is 12.0 Å². The van der Waals surface area contributed by atoms with Crippen LogP contribution in [0.2, 0.25) is 0 Å². The van der Waals surface area contributed by atoms with E-state index in [9.17, 15) is 0 Å². The Bertz CT molecular complexity index is 817. The average molecular weight is 293 g/mol. The number of benzene rings is 2. The van der Waals surface area contributed by atoms with Crippen molar-refractivity contribution in [1.29, 1.82) is 5.41 Å². The van der Waals surface area contributed by atoms with Gasteiger partial charge in [0, 0.05) is 22.2 Å². The largest absolute Gasteiger partial charge is 0.384 e. The molecule has 5 heteroatoms. The van der Waals surface area contributed by atoms with E-state index in [2.05, 4.69) is 16.4 Å². The summed E-state index contributed by atoms with van der Waals surface area (Å²) in [6.07, 6.45) is -0.158. The standard InChI is InChI=1S/C17H19N5/c1-21-17(20)11-4-2-10(3-5-11)14-8-12-6-7-13(16(18)19)9-15(12)22-14/h2-9,17,21-22H,20H2,1H3,(H3,18,19). The predicted molar refractivity (Wildman–Crippen MR) is 90.7 cm³/mol. The molecule has 3 aromatic rings. The molecule has 0 saturated heterocycles. The number of aromatic amines is 1. The molecule has 3 rings (SSSR count). The maximum absolute atomic E-state index is 7.51. The van der Waals surface area contributed by atoms with Crippen LogP contribution in [0.3, 0.4) is 0 Å². The normalized spacial score (nSPS) is 12.5. The maximum Gasteiger partial charge on any atom is 0.122 e. The van der Waals surface area contributed by atoms with Crippen molar-refractivity contribution in [2.24, 2.45) is 11.5 Å². The van der Waals surface area contributed by atoms with E-state index in [1.165, 1.54) is 0 Å². The zero-order valence-corrected chi connectivity index (χ0v) is 12.4. The lowest BCUT2D eigenvalue weighted by molar-refractivity contribution is 0.622. The van der Waals surface area contributed by atoms with Crippen molar-refractivity contribution < 1.29 is 0 Å². The molecule has 0 aliphatic rings. The summed E-state index contributed by atoms with van der Waals surface area (Å²) in [6.45, 7) is 0. The van der Waals surface area contributed by atoms with Gasteiger partial charge in [-0.05, 0) is 30.3 Å². The number of nitrogens with two attached hydrogens (primary N) is 2. The van der Waals surface area contributed by atoms with E-state index in [0.717, 1.165) is 33.3 Å². The monoisotopic (exact) mass is 293 g/mol. The SMILES string of the molecule is CNC(N)c1ccc(-c2cc3ccc(C(=N)N)cc3[nH]2)cc1. The zero-order valence-electron chi connectivity index (χ0n) is 12.4. The Balaban J connectivity index is 1.97. The van der Waals surface area contributed by atoms with Crippen LogP contribution in [-0.4, -0.2) is 17.9 Å². The van der Waals surface area contributed by atoms with E-state index < -0.39 is 0 Å². The van der Waals surface area contributed by atoms with Crippen LogP contribution in [0.1, 0.15) is 17.3 Å². The number of nitrogens with one attached hydrogen (secondary N) is 3. The highest BCUT2D eigenvalue weighted by Gasteiger charge is 2.07. The number of hydrogen-bond acceptors (Lipinski definition) is 3. The fraction of sp³-hybridized carbons (Fsp3) is 0.118. The van der Waals surface area contributed by atoms with Gasteiger partial charge >= 0.3 is 0 Å². The van der Waals surface area contributed by atoms with Crippen LogP contribution in [0.5, 0.6) is 0 Å². The average Bonchev–Trinajstić information content (AvgIpc) is 2.97. The van der Waals surface area contributed by atoms with Crippen molar-refractivity contribution in [3.8, 4) is 11.3 Å². The van der Waals surface area contributed by atoms with Crippen LogP contribution in [0.25, 0.3) is 22.2 Å². The van der Waals surface area contributed by atoms with Gasteiger partial charge in [0.15, 0.2) is 0 Å². The molecule has 0 aliphatic carbocycles. The number of aromatic nitrogens is 1. The maximum atomic E-state index is 7.51. The quantitative estimate of drug-likeness (QED) is 0.289. The third kappa shape index (κ3) is 2.59. The lowest BCUT2D eigenvalue weighted by Gasteiger charge is -2.10. The Morgan fingerprint density at radius 3 is 2.50 bits per heavy atom. The molecule has 1 unspecified atom stereocenters. The molecular formula is C17H19N5. The van der Waals surface area contributed by atoms with Gasteiger partial charge in [0.2, 0.25) is 0 Å². The van der Waals surface area contributed by atoms with Crippen molar-refractivity contribution in [1.82, 2.24) is 10.3 Å². The van der Waals surface area contributed by atoms with Gasteiger partial charge in [0.05, 0.1) is 6.17 Å². The number of hydrogen-bond donors (Lipinski definition) is 5. The number of fused-ring (bicyclic) bond motifs is 1. The first-order chi connectivity index (χ1) is 10.6. The number of H-pyrrole nitrogens is 1. The minimum atomic E-state index is -0.158. The Hall–Kier alpha value is -2.63. The van der Waals surface area contributed by atoms with Gasteiger partial charge in [0.1, 0.15) is 5.84 Å². The molecule has 0 saturated carbocycles. The van der Waals surface area contributed by atoms with Crippen LogP contribution < -0.4 is 16.8 Å². The van der Waals surface area contributed by atoms with Crippen molar-refractivity contribution in [3.05, 3.63) is 59.7 Å². The number of amidine groups is 1. The van der Waals surface area contributed by atoms with E-state index in [1.807, 2.05) is 49.5 Å². The van der Waals surface area contributed by atoms with Gasteiger partial charge in [-0.25, -0.2) is 0 Å². The van der Waals surface area contributed by atoms with Gasteiger partial charge in [-0.2, -0.15) is 0 Å². The van der Waals surface area contributed by atoms with E-state index in [4.69, 9.17) is 16.9 Å². The molecule has 1 aromatic heterocycles. The summed E-state index contributed by atoms with van der Waals surface area (Å²) in [5.74, 6) is 0.0726. The molecule has 0 radical (unpaired) electrons. The topological polar surface area (TPSA) is 104 Å². The van der Waals surface area contributed by atoms with Gasteiger partial charge in [-0.15, -0.1) is 0 Å². The smallest absolute Gasteiger partial charge is 0.122 e. The molecule has 0 amide bonds. The summed E-state index contributed by atoms with van der Waals surface area (Å²) >= 11 is 0. The summed E-state index contributed by atoms with van der Waals surface area (Å²) < 4.78 is 0. The third-order valence-electron chi connectivity index (χ3n) is 3.83. The fourth-order valence-corrected chi connectivity index (χ4v) is 2.49. The molecule has 0 bridgehead atoms. The second-order valence-corrected chi connectivity index (χ2v) is 5.29. The molecule has 112 valence electrons. The first-order valence-corrected chi connectivity index (χ1v) is 7.09. The van der Waals surface area contributed by atoms with Crippen LogP contribution in [0.4, 0.5) is 0 Å². The summed E-state index contributed by atoms with van der Waals surface area (Å²) in [5, 5.41) is 11.6. The van der Waals surface area contributed by atoms with E-state index in [0.29, 0.717) is 0 Å². The van der Waals surface area contributed by atoms with Crippen LogP contribution >= 0.6 is 0 Å². The van der Waals surface area contributed by atoms with Crippen LogP contribution in [0.15, 0.2) is 48.5 Å². The number of rotatable bonds is 4. The predicted octanol–water partition coefficient (Wildman–Crippen LogP) is 2.30. The Morgan fingerprint density at radius 1 is 1.14 bits per heavy atom. The minimum Gasteiger partial charge on any atom is -0.384 e. The van der Waals surface area contributed by atoms with Crippen LogP contribution in [0, 0.1) is 5.41 Å². The fourth-order valence-electron chi connectivity index (χ4n) is 2.49. The third-order valence-corrected chi connectivity index (χ3v) is 3.83. The highest BCUT2D eigenvalue weighted by molar-refractivity contribution is 5.99. The molecule has 0 spiro atoms. The van der Waals surface area contributed by atoms with Gasteiger partial charge in [0.25, 0.3) is 0 Å². The Labute approximate surface area is 128 Å². The van der Waals surface area contributed by atoms with Crippen molar-refractivity contribution in [3.63, 3.8) is 0 Å². The molecule has 5 nitrogen and oxygen atoms in total. The lowest BCUT2D eigenvalue weighted by atomic mass is 10.1. The molecule has 7 N–H and O–H groups in total. The summed E-state index contributed by atoms with van der Waals surface area (Å²) in [7, 11) is 1.84. The van der Waals surface area contributed by atoms with Gasteiger partial charge in [-0.1, -0.05) is 36.4 Å². The van der Waals surface area contributed by atoms with Crippen molar-refractivity contribution >= 4 is 16.7 Å². The molecule has 1 heterocycles. The highest BCUT2D eigenvalue weighted by atomic mass is 15.0. The molecule has 1 atom stereocenters. The minimum absolute atomic E-state index is 0.0726. The zero-order chi connectivity index (χ0) is 15.7. The van der Waals surface area contributed by atoms with Crippen molar-refractivity contribution in [2.45, 2.75) is 6.17 Å². The number of nitrogen functional groups attached to an aromatic ring is 1. The van der Waals surface area contributed by atoms with E-state index in [1.54, 1.807) is 0 Å². The second kappa shape index (κ2) is 5.63. The first-order valence-electron chi connectivity index (χ1n) is 7.09. The Morgan fingerprint density at radius 2 is 1.86 bits per heavy atom. The highest BCUT2D eigenvalue weighted by Crippen LogP contribution is 2.25. The molecule has 0 fully saturated rings. The molecule has 22 heavy (non-hydrogen) atoms. The van der Waals surface area contributed by atoms with Crippen molar-refractivity contribution in [2.75, 3.05) is 7.05 Å². The lowest BCUT2D eigenvalue weighted by Crippen LogP contribution is -2.24. The first kappa shape index (κ1) is 14.3. The second-order valence-electron chi connectivity index (χ2n) is 5.29. The summed E-state index contributed by atoms with van der Waals surface area (Å²) in [6, 6.07) is 15.9. The molecule has 0 aliphatic heterocycles.